The molecule has 2 N–H and O–H groups in total. The highest BCUT2D eigenvalue weighted by Crippen LogP contribution is 2.12. The summed E-state index contributed by atoms with van der Waals surface area (Å²) >= 11 is 0. The standard InChI is InChI=1S/C13H21N3O3/c1-3-5-10(13(17)18)7-15-11-8-14-9-12(16-11)19-6-4-2/h8-10H,3-7H2,1-2H3,(H,15,16)(H,17,18). The fourth-order valence-electron chi connectivity index (χ4n) is 1.60. The van der Waals surface area contributed by atoms with Crippen LogP contribution < -0.4 is 10.1 Å². The van der Waals surface area contributed by atoms with Crippen molar-refractivity contribution >= 4 is 11.8 Å². The summed E-state index contributed by atoms with van der Waals surface area (Å²) in [4.78, 5) is 19.2. The molecule has 0 aliphatic carbocycles. The van der Waals surface area contributed by atoms with Crippen LogP contribution in [0.25, 0.3) is 0 Å². The van der Waals surface area contributed by atoms with Gasteiger partial charge in [0.15, 0.2) is 0 Å². The van der Waals surface area contributed by atoms with Crippen molar-refractivity contribution in [3.63, 3.8) is 0 Å². The van der Waals surface area contributed by atoms with Gasteiger partial charge in [-0.25, -0.2) is 0 Å². The van der Waals surface area contributed by atoms with Gasteiger partial charge in [0.05, 0.1) is 24.9 Å². The van der Waals surface area contributed by atoms with Crippen LogP contribution >= 0.6 is 0 Å². The van der Waals surface area contributed by atoms with E-state index in [9.17, 15) is 4.79 Å². The molecule has 1 atom stereocenters. The summed E-state index contributed by atoms with van der Waals surface area (Å²) in [5.41, 5.74) is 0. The lowest BCUT2D eigenvalue weighted by atomic mass is 10.0. The van der Waals surface area contributed by atoms with Crippen LogP contribution in [-0.2, 0) is 4.79 Å². The number of nitrogens with zero attached hydrogens (tertiary/aromatic N) is 2. The molecule has 0 spiro atoms. The highest BCUT2D eigenvalue weighted by molar-refractivity contribution is 5.70. The lowest BCUT2D eigenvalue weighted by Crippen LogP contribution is -2.23. The predicted molar refractivity (Wildman–Crippen MR) is 72.3 cm³/mol. The van der Waals surface area contributed by atoms with Gasteiger partial charge in [-0.15, -0.1) is 0 Å². The quantitative estimate of drug-likeness (QED) is 0.713. The first kappa shape index (κ1) is 15.2. The average molecular weight is 267 g/mol. The van der Waals surface area contributed by atoms with Crippen molar-refractivity contribution in [1.82, 2.24) is 9.97 Å². The van der Waals surface area contributed by atoms with Crippen LogP contribution in [0.15, 0.2) is 12.4 Å². The third-order valence-electron chi connectivity index (χ3n) is 2.58. The summed E-state index contributed by atoms with van der Waals surface area (Å²) < 4.78 is 5.37. The van der Waals surface area contributed by atoms with E-state index in [2.05, 4.69) is 15.3 Å². The Labute approximate surface area is 113 Å². The highest BCUT2D eigenvalue weighted by atomic mass is 16.5. The zero-order valence-corrected chi connectivity index (χ0v) is 11.4. The summed E-state index contributed by atoms with van der Waals surface area (Å²) in [5, 5.41) is 12.0. The molecule has 0 aliphatic rings. The molecule has 1 unspecified atom stereocenters. The average Bonchev–Trinajstić information content (AvgIpc) is 2.41. The van der Waals surface area contributed by atoms with Gasteiger partial charge in [0.2, 0.25) is 5.88 Å². The molecule has 106 valence electrons. The highest BCUT2D eigenvalue weighted by Gasteiger charge is 2.16. The topological polar surface area (TPSA) is 84.3 Å². The maximum Gasteiger partial charge on any atom is 0.308 e. The third-order valence-corrected chi connectivity index (χ3v) is 2.58. The van der Waals surface area contributed by atoms with Crippen molar-refractivity contribution in [1.29, 1.82) is 0 Å². The van der Waals surface area contributed by atoms with Crippen molar-refractivity contribution in [2.45, 2.75) is 33.1 Å². The number of aromatic nitrogens is 2. The fourth-order valence-corrected chi connectivity index (χ4v) is 1.60. The number of ether oxygens (including phenoxy) is 1. The summed E-state index contributed by atoms with van der Waals surface area (Å²) in [6.07, 6.45) is 5.48. The number of nitrogens with one attached hydrogen (secondary N) is 1. The zero-order valence-electron chi connectivity index (χ0n) is 11.4. The maximum absolute atomic E-state index is 11.0. The number of hydrogen-bond acceptors (Lipinski definition) is 5. The molecule has 0 saturated heterocycles. The Balaban J connectivity index is 2.53. The molecule has 0 radical (unpaired) electrons. The first-order valence-electron chi connectivity index (χ1n) is 6.58. The maximum atomic E-state index is 11.0. The first-order chi connectivity index (χ1) is 9.17. The van der Waals surface area contributed by atoms with Crippen molar-refractivity contribution in [3.05, 3.63) is 12.4 Å². The summed E-state index contributed by atoms with van der Waals surface area (Å²) in [6.45, 7) is 4.91. The lowest BCUT2D eigenvalue weighted by molar-refractivity contribution is -0.141. The van der Waals surface area contributed by atoms with Gasteiger partial charge in [0, 0.05) is 6.54 Å². The molecule has 6 heteroatoms. The van der Waals surface area contributed by atoms with E-state index < -0.39 is 11.9 Å². The van der Waals surface area contributed by atoms with Crippen LogP contribution in [0, 0.1) is 5.92 Å². The van der Waals surface area contributed by atoms with E-state index in [4.69, 9.17) is 9.84 Å². The number of carboxylic acids is 1. The largest absolute Gasteiger partial charge is 0.481 e. The molecule has 1 aromatic heterocycles. The number of anilines is 1. The summed E-state index contributed by atoms with van der Waals surface area (Å²) in [6, 6.07) is 0. The summed E-state index contributed by atoms with van der Waals surface area (Å²) in [5.74, 6) is -0.210. The Kier molecular flexibility index (Phi) is 6.63. The van der Waals surface area contributed by atoms with Crippen LogP contribution in [0.5, 0.6) is 5.88 Å². The molecule has 6 nitrogen and oxygen atoms in total. The van der Waals surface area contributed by atoms with Crippen LogP contribution in [0.4, 0.5) is 5.82 Å². The number of carboxylic acid groups (broad SMARTS) is 1. The number of aliphatic carboxylic acids is 1. The Morgan fingerprint density at radius 2 is 2.21 bits per heavy atom. The van der Waals surface area contributed by atoms with Gasteiger partial charge >= 0.3 is 5.97 Å². The van der Waals surface area contributed by atoms with E-state index in [0.717, 1.165) is 12.8 Å². The van der Waals surface area contributed by atoms with E-state index in [1.165, 1.54) is 0 Å². The third kappa shape index (κ3) is 5.54. The minimum absolute atomic E-state index is 0.342. The molecule has 0 amide bonds. The molecule has 1 aromatic rings. The van der Waals surface area contributed by atoms with E-state index >= 15 is 0 Å². The normalized spacial score (nSPS) is 11.9. The van der Waals surface area contributed by atoms with Gasteiger partial charge in [-0.05, 0) is 12.8 Å². The van der Waals surface area contributed by atoms with Gasteiger partial charge < -0.3 is 15.2 Å². The minimum Gasteiger partial charge on any atom is -0.481 e. The monoisotopic (exact) mass is 267 g/mol. The molecule has 0 saturated carbocycles. The Bertz CT molecular complexity index is 398. The molecule has 0 fully saturated rings. The van der Waals surface area contributed by atoms with Crippen LogP contribution in [0.1, 0.15) is 33.1 Å². The van der Waals surface area contributed by atoms with Gasteiger partial charge in [-0.3, -0.25) is 9.78 Å². The van der Waals surface area contributed by atoms with Gasteiger partial charge in [0.1, 0.15) is 5.82 Å². The van der Waals surface area contributed by atoms with Crippen LogP contribution in [0.2, 0.25) is 0 Å². The second kappa shape index (κ2) is 8.29. The SMILES string of the molecule is CCCOc1cncc(NCC(CCC)C(=O)O)n1. The first-order valence-corrected chi connectivity index (χ1v) is 6.58. The van der Waals surface area contributed by atoms with Crippen LogP contribution in [0.3, 0.4) is 0 Å². The second-order valence-electron chi connectivity index (χ2n) is 4.30. The number of carbonyl (C=O) groups is 1. The van der Waals surface area contributed by atoms with E-state index in [0.29, 0.717) is 31.3 Å². The Hall–Kier alpha value is -1.85. The van der Waals surface area contributed by atoms with Gasteiger partial charge in [-0.1, -0.05) is 20.3 Å². The zero-order chi connectivity index (χ0) is 14.1. The molecular formula is C13H21N3O3. The number of hydrogen-bond donors (Lipinski definition) is 2. The predicted octanol–water partition coefficient (Wildman–Crippen LogP) is 2.18. The molecule has 1 rings (SSSR count). The van der Waals surface area contributed by atoms with Crippen molar-refractivity contribution in [2.24, 2.45) is 5.92 Å². The minimum atomic E-state index is -0.791. The smallest absolute Gasteiger partial charge is 0.308 e. The van der Waals surface area contributed by atoms with Gasteiger partial charge in [-0.2, -0.15) is 4.98 Å². The molecule has 0 bridgehead atoms. The molecule has 0 aromatic carbocycles. The Morgan fingerprint density at radius 1 is 1.42 bits per heavy atom. The fraction of sp³-hybridized carbons (Fsp3) is 0.615. The molecule has 0 aliphatic heterocycles. The molecule has 19 heavy (non-hydrogen) atoms. The van der Waals surface area contributed by atoms with Gasteiger partial charge in [0.25, 0.3) is 0 Å². The van der Waals surface area contributed by atoms with Crippen LogP contribution in [-0.4, -0.2) is 34.2 Å². The van der Waals surface area contributed by atoms with E-state index in [-0.39, 0.29) is 0 Å². The van der Waals surface area contributed by atoms with E-state index in [1.54, 1.807) is 12.4 Å². The van der Waals surface area contributed by atoms with E-state index in [1.807, 2.05) is 13.8 Å². The summed E-state index contributed by atoms with van der Waals surface area (Å²) in [7, 11) is 0. The molecule has 1 heterocycles. The lowest BCUT2D eigenvalue weighted by Gasteiger charge is -2.13. The van der Waals surface area contributed by atoms with Crippen molar-refractivity contribution < 1.29 is 14.6 Å². The van der Waals surface area contributed by atoms with Crippen molar-refractivity contribution in [3.8, 4) is 5.88 Å². The number of rotatable bonds is 9. The molecular weight excluding hydrogens is 246 g/mol. The second-order valence-corrected chi connectivity index (χ2v) is 4.30. The van der Waals surface area contributed by atoms with Crippen molar-refractivity contribution in [2.75, 3.05) is 18.5 Å². The Morgan fingerprint density at radius 3 is 2.84 bits per heavy atom.